The Labute approximate surface area is 222 Å². The Balaban J connectivity index is 1.71. The number of nitrogens with one attached hydrogen (secondary N) is 1. The third-order valence-electron chi connectivity index (χ3n) is 5.35. The highest BCUT2D eigenvalue weighted by Crippen LogP contribution is 2.24. The van der Waals surface area contributed by atoms with Crippen LogP contribution >= 0.6 is 11.6 Å². The van der Waals surface area contributed by atoms with Gasteiger partial charge in [0.25, 0.3) is 0 Å². The van der Waals surface area contributed by atoms with E-state index < -0.39 is 6.16 Å². The van der Waals surface area contributed by atoms with Crippen molar-refractivity contribution in [3.8, 4) is 11.5 Å². The molecule has 3 aromatic rings. The molecular formula is C29H30ClN3O4. The van der Waals surface area contributed by atoms with Crippen molar-refractivity contribution in [3.63, 3.8) is 0 Å². The third-order valence-corrected chi connectivity index (χ3v) is 5.58. The van der Waals surface area contributed by atoms with Crippen LogP contribution in [0.25, 0.3) is 5.70 Å². The zero-order chi connectivity index (χ0) is 26.8. The van der Waals surface area contributed by atoms with Crippen LogP contribution in [0.1, 0.15) is 23.6 Å². The summed E-state index contributed by atoms with van der Waals surface area (Å²) < 4.78 is 15.8. The molecule has 0 aliphatic heterocycles. The topological polar surface area (TPSA) is 95.2 Å². The second-order valence-corrected chi connectivity index (χ2v) is 8.62. The maximum Gasteiger partial charge on any atom is 0.519 e. The quantitative estimate of drug-likeness (QED) is 0.0830. The lowest BCUT2D eigenvalue weighted by Crippen LogP contribution is -2.15. The Bertz CT molecular complexity index is 1320. The van der Waals surface area contributed by atoms with Gasteiger partial charge in [-0.1, -0.05) is 36.4 Å². The number of nitrogens with zero attached hydrogens (tertiary/aromatic N) is 1. The molecule has 0 aromatic heterocycles. The van der Waals surface area contributed by atoms with E-state index in [1.165, 1.54) is 5.56 Å². The van der Waals surface area contributed by atoms with Crippen LogP contribution < -0.4 is 20.5 Å². The molecule has 8 heteroatoms. The van der Waals surface area contributed by atoms with Gasteiger partial charge in [0.05, 0.1) is 12.8 Å². The summed E-state index contributed by atoms with van der Waals surface area (Å²) in [5.41, 5.74) is 10.5. The molecule has 3 N–H and O–H groups in total. The molecule has 0 fully saturated rings. The lowest BCUT2D eigenvalue weighted by Gasteiger charge is -2.11. The fourth-order valence-corrected chi connectivity index (χ4v) is 3.60. The minimum atomic E-state index is -0.868. The number of hydrogen-bond donors (Lipinski definition) is 2. The average Bonchev–Trinajstić information content (AvgIpc) is 2.86. The van der Waals surface area contributed by atoms with Gasteiger partial charge in [-0.15, -0.1) is 0 Å². The molecule has 0 saturated heterocycles. The predicted octanol–water partition coefficient (Wildman–Crippen LogP) is 6.56. The first-order valence-corrected chi connectivity index (χ1v) is 12.0. The second-order valence-electron chi connectivity index (χ2n) is 8.19. The van der Waals surface area contributed by atoms with Gasteiger partial charge < -0.3 is 25.3 Å². The normalized spacial score (nSPS) is 11.6. The lowest BCUT2D eigenvalue weighted by atomic mass is 10.1. The average molecular weight is 520 g/mol. The van der Waals surface area contributed by atoms with Crippen molar-refractivity contribution in [2.75, 3.05) is 19.4 Å². The highest BCUT2D eigenvalue weighted by Gasteiger charge is 2.11. The second kappa shape index (κ2) is 13.2. The maximum atomic E-state index is 12.3. The molecule has 3 rings (SSSR count). The zero-order valence-electron chi connectivity index (χ0n) is 21.1. The number of anilines is 1. The first-order chi connectivity index (χ1) is 17.7. The van der Waals surface area contributed by atoms with Crippen molar-refractivity contribution >= 4 is 35.0 Å². The number of aryl methyl sites for hydroxylation is 1. The first-order valence-electron chi connectivity index (χ1n) is 11.6. The van der Waals surface area contributed by atoms with Crippen molar-refractivity contribution in [3.05, 3.63) is 107 Å². The van der Waals surface area contributed by atoms with Crippen molar-refractivity contribution in [1.29, 1.82) is 0 Å². The molecular weight excluding hydrogens is 490 g/mol. The fourth-order valence-electron chi connectivity index (χ4n) is 3.38. The number of benzene rings is 3. The summed E-state index contributed by atoms with van der Waals surface area (Å²) in [4.78, 5) is 16.8. The van der Waals surface area contributed by atoms with Crippen LogP contribution in [0.3, 0.4) is 0 Å². The van der Waals surface area contributed by atoms with Gasteiger partial charge in [0.2, 0.25) is 0 Å². The van der Waals surface area contributed by atoms with Gasteiger partial charge in [-0.05, 0) is 79.1 Å². The molecule has 0 saturated carbocycles. The Morgan fingerprint density at radius 1 is 1.08 bits per heavy atom. The first kappa shape index (κ1) is 27.4. The monoisotopic (exact) mass is 519 g/mol. The molecule has 3 aromatic carbocycles. The van der Waals surface area contributed by atoms with E-state index in [9.17, 15) is 4.79 Å². The molecule has 7 nitrogen and oxygen atoms in total. The molecule has 37 heavy (non-hydrogen) atoms. The molecule has 0 aliphatic rings. The number of carbonyl (C=O) groups is 1. The standard InChI is InChI=1S/C29H30ClN3O4/c1-19-16-24(30)9-8-22(19)14-15-32-20(2)17-28(33-21(3)35-4)23-6-5-7-27(18-23)37-29(34)36-26-12-10-25(31)11-13-26/h5-13,16-18,32H,2,14-15,31H2,1,3-4H3/b28-17-,33-21?. The number of hydrogen-bond acceptors (Lipinski definition) is 7. The molecule has 0 atom stereocenters. The van der Waals surface area contributed by atoms with Crippen LogP contribution in [0.5, 0.6) is 11.5 Å². The molecule has 192 valence electrons. The van der Waals surface area contributed by atoms with Crippen molar-refractivity contribution in [2.45, 2.75) is 20.3 Å². The summed E-state index contributed by atoms with van der Waals surface area (Å²) in [7, 11) is 1.55. The van der Waals surface area contributed by atoms with E-state index in [4.69, 9.17) is 31.5 Å². The molecule has 0 spiro atoms. The van der Waals surface area contributed by atoms with Crippen LogP contribution in [0, 0.1) is 6.92 Å². The van der Waals surface area contributed by atoms with E-state index in [1.807, 2.05) is 37.3 Å². The van der Waals surface area contributed by atoms with Crippen LogP contribution in [0.4, 0.5) is 10.5 Å². The molecule has 0 unspecified atom stereocenters. The lowest BCUT2D eigenvalue weighted by molar-refractivity contribution is 0.152. The Morgan fingerprint density at radius 2 is 1.81 bits per heavy atom. The van der Waals surface area contributed by atoms with Gasteiger partial charge in [0, 0.05) is 35.4 Å². The molecule has 0 aliphatic carbocycles. The summed E-state index contributed by atoms with van der Waals surface area (Å²) in [5, 5.41) is 4.04. The van der Waals surface area contributed by atoms with E-state index in [0.717, 1.165) is 17.0 Å². The summed E-state index contributed by atoms with van der Waals surface area (Å²) in [6.45, 7) is 8.58. The molecule has 0 heterocycles. The van der Waals surface area contributed by atoms with Crippen LogP contribution in [-0.4, -0.2) is 25.7 Å². The number of nitrogens with two attached hydrogens (primary N) is 1. The Hall–Kier alpha value is -4.23. The maximum absolute atomic E-state index is 12.3. The Morgan fingerprint density at radius 3 is 2.51 bits per heavy atom. The number of ether oxygens (including phenoxy) is 3. The van der Waals surface area contributed by atoms with E-state index in [-0.39, 0.29) is 0 Å². The number of rotatable bonds is 9. The minimum Gasteiger partial charge on any atom is -0.484 e. The number of nitrogen functional groups attached to an aromatic ring is 1. The smallest absolute Gasteiger partial charge is 0.484 e. The summed E-state index contributed by atoms with van der Waals surface area (Å²) in [6.07, 6.45) is 1.75. The number of methoxy groups -OCH3 is 1. The molecule has 0 bridgehead atoms. The van der Waals surface area contributed by atoms with E-state index >= 15 is 0 Å². The van der Waals surface area contributed by atoms with Gasteiger partial charge in [-0.2, -0.15) is 0 Å². The summed E-state index contributed by atoms with van der Waals surface area (Å²) >= 11 is 6.05. The highest BCUT2D eigenvalue weighted by atomic mass is 35.5. The largest absolute Gasteiger partial charge is 0.519 e. The van der Waals surface area contributed by atoms with Gasteiger partial charge >= 0.3 is 6.16 Å². The van der Waals surface area contributed by atoms with Gasteiger partial charge in [-0.3, -0.25) is 0 Å². The zero-order valence-corrected chi connectivity index (χ0v) is 21.8. The van der Waals surface area contributed by atoms with Crippen molar-refractivity contribution < 1.29 is 19.0 Å². The third kappa shape index (κ3) is 8.74. The highest BCUT2D eigenvalue weighted by molar-refractivity contribution is 6.30. The fraction of sp³-hybridized carbons (Fsp3) is 0.172. The number of aliphatic imine (C=N–C) groups is 1. The number of carbonyl (C=O) groups excluding carboxylic acids is 1. The predicted molar refractivity (Wildman–Crippen MR) is 149 cm³/mol. The SMILES string of the molecule is C=C(/C=C(\N=C(C)OC)c1cccc(OC(=O)Oc2ccc(N)cc2)c1)NCCc1ccc(Cl)cc1C. The number of halogens is 1. The van der Waals surface area contributed by atoms with Crippen molar-refractivity contribution in [1.82, 2.24) is 5.32 Å². The molecule has 0 radical (unpaired) electrons. The van der Waals surface area contributed by atoms with Crippen LogP contribution in [0.15, 0.2) is 90.1 Å². The molecule has 0 amide bonds. The van der Waals surface area contributed by atoms with Crippen LogP contribution in [0.2, 0.25) is 5.02 Å². The van der Waals surface area contributed by atoms with Crippen LogP contribution in [-0.2, 0) is 11.2 Å². The van der Waals surface area contributed by atoms with Crippen molar-refractivity contribution in [2.24, 2.45) is 4.99 Å². The van der Waals surface area contributed by atoms with E-state index in [2.05, 4.69) is 16.9 Å². The summed E-state index contributed by atoms with van der Waals surface area (Å²) in [6, 6.07) is 19.2. The minimum absolute atomic E-state index is 0.297. The Kier molecular flexibility index (Phi) is 9.75. The van der Waals surface area contributed by atoms with E-state index in [0.29, 0.717) is 46.6 Å². The van der Waals surface area contributed by atoms with Gasteiger partial charge in [0.15, 0.2) is 5.90 Å². The van der Waals surface area contributed by atoms with Gasteiger partial charge in [-0.25, -0.2) is 9.79 Å². The number of allylic oxidation sites excluding steroid dienone is 1. The summed E-state index contributed by atoms with van der Waals surface area (Å²) in [5.74, 6) is 1.09. The van der Waals surface area contributed by atoms with E-state index in [1.54, 1.807) is 56.5 Å². The van der Waals surface area contributed by atoms with Gasteiger partial charge in [0.1, 0.15) is 11.5 Å².